The summed E-state index contributed by atoms with van der Waals surface area (Å²) in [7, 11) is 0. The molecule has 110 valence electrons. The van der Waals surface area contributed by atoms with Crippen LogP contribution in [-0.2, 0) is 14.3 Å². The largest absolute Gasteiger partial charge is 0.461 e. The number of ketones is 1. The summed E-state index contributed by atoms with van der Waals surface area (Å²) < 4.78 is 5.45. The summed E-state index contributed by atoms with van der Waals surface area (Å²) in [6, 6.07) is 0. The van der Waals surface area contributed by atoms with Crippen LogP contribution in [-0.4, -0.2) is 40.3 Å². The van der Waals surface area contributed by atoms with Gasteiger partial charge in [0.15, 0.2) is 0 Å². The first-order chi connectivity index (χ1) is 9.34. The summed E-state index contributed by atoms with van der Waals surface area (Å²) in [5.41, 5.74) is 0.498. The van der Waals surface area contributed by atoms with E-state index in [1.807, 2.05) is 6.92 Å². The summed E-state index contributed by atoms with van der Waals surface area (Å²) >= 11 is 0. The highest BCUT2D eigenvalue weighted by molar-refractivity contribution is 5.85. The minimum absolute atomic E-state index is 0.110. The Bertz CT molecular complexity index is 485. The Hall–Kier alpha value is -1.20. The van der Waals surface area contributed by atoms with Crippen molar-refractivity contribution in [2.24, 2.45) is 29.6 Å². The minimum Gasteiger partial charge on any atom is -0.461 e. The van der Waals surface area contributed by atoms with Crippen LogP contribution in [0.5, 0.6) is 0 Å². The monoisotopic (exact) mass is 280 g/mol. The Labute approximate surface area is 117 Å². The lowest BCUT2D eigenvalue weighted by atomic mass is 9.77. The van der Waals surface area contributed by atoms with Gasteiger partial charge in [-0.3, -0.25) is 9.59 Å². The maximum Gasteiger partial charge on any atom is 0.309 e. The molecule has 0 radical (unpaired) electrons. The molecule has 0 amide bonds. The molecule has 1 unspecified atom stereocenters. The zero-order valence-electron chi connectivity index (χ0n) is 11.7. The molecule has 2 aliphatic carbocycles. The van der Waals surface area contributed by atoms with Gasteiger partial charge in [-0.25, -0.2) is 0 Å². The van der Waals surface area contributed by atoms with E-state index in [2.05, 4.69) is 6.58 Å². The highest BCUT2D eigenvalue weighted by Crippen LogP contribution is 2.51. The summed E-state index contributed by atoms with van der Waals surface area (Å²) in [6.07, 6.45) is -2.37. The van der Waals surface area contributed by atoms with Crippen LogP contribution >= 0.6 is 0 Å². The molecule has 1 saturated heterocycles. The van der Waals surface area contributed by atoms with Crippen LogP contribution in [0.4, 0.5) is 0 Å². The lowest BCUT2D eigenvalue weighted by Gasteiger charge is -2.28. The number of esters is 1. The third-order valence-corrected chi connectivity index (χ3v) is 5.51. The molecule has 0 aromatic carbocycles. The zero-order chi connectivity index (χ0) is 14.8. The number of fused-ring (bicyclic) bond motifs is 3. The Morgan fingerprint density at radius 3 is 2.45 bits per heavy atom. The third kappa shape index (κ3) is 1.63. The second kappa shape index (κ2) is 4.40. The number of hydrogen-bond acceptors (Lipinski definition) is 5. The van der Waals surface area contributed by atoms with Gasteiger partial charge in [0, 0.05) is 24.2 Å². The van der Waals surface area contributed by atoms with Crippen LogP contribution < -0.4 is 0 Å². The van der Waals surface area contributed by atoms with Crippen molar-refractivity contribution in [3.05, 3.63) is 12.2 Å². The molecule has 3 fully saturated rings. The number of rotatable bonds is 0. The maximum atomic E-state index is 12.0. The molecule has 8 atom stereocenters. The molecule has 0 spiro atoms. The average Bonchev–Trinajstić information content (AvgIpc) is 2.83. The van der Waals surface area contributed by atoms with E-state index in [1.54, 1.807) is 6.92 Å². The van der Waals surface area contributed by atoms with Crippen LogP contribution in [0.2, 0.25) is 0 Å². The van der Waals surface area contributed by atoms with E-state index in [9.17, 15) is 19.8 Å². The lowest BCUT2D eigenvalue weighted by Crippen LogP contribution is -2.41. The van der Waals surface area contributed by atoms with Gasteiger partial charge in [0.05, 0.1) is 12.0 Å². The van der Waals surface area contributed by atoms with Crippen LogP contribution in [0, 0.1) is 29.6 Å². The van der Waals surface area contributed by atoms with Gasteiger partial charge in [-0.2, -0.15) is 0 Å². The summed E-state index contributed by atoms with van der Waals surface area (Å²) in [5, 5.41) is 20.6. The normalized spacial score (nSPS) is 51.5. The van der Waals surface area contributed by atoms with Crippen molar-refractivity contribution < 1.29 is 24.5 Å². The number of aliphatic hydroxyl groups excluding tert-OH is 2. The Morgan fingerprint density at radius 1 is 1.15 bits per heavy atom. The molecule has 2 saturated carbocycles. The first-order valence-electron chi connectivity index (χ1n) is 7.12. The van der Waals surface area contributed by atoms with Gasteiger partial charge in [-0.05, 0) is 11.5 Å². The van der Waals surface area contributed by atoms with E-state index in [0.29, 0.717) is 12.0 Å². The Balaban J connectivity index is 2.07. The van der Waals surface area contributed by atoms with E-state index in [-0.39, 0.29) is 29.5 Å². The molecule has 5 nitrogen and oxygen atoms in total. The van der Waals surface area contributed by atoms with Crippen molar-refractivity contribution in [2.45, 2.75) is 38.6 Å². The van der Waals surface area contributed by atoms with Crippen molar-refractivity contribution in [3.63, 3.8) is 0 Å². The number of Topliss-reactive ketones (excluding diaryl/α,β-unsaturated/α-hetero) is 1. The SMILES string of the molecule is C=C1[C@H](O)[C@H](O)C2[C@H](C)C(=O)O[C@@H]2[C@H]2[C@H](C)C(=O)C[C@@H]12. The molecule has 3 rings (SSSR count). The second-order valence-electron chi connectivity index (χ2n) is 6.42. The quantitative estimate of drug-likeness (QED) is 0.492. The fourth-order valence-electron chi connectivity index (χ4n) is 4.23. The topological polar surface area (TPSA) is 83.8 Å². The van der Waals surface area contributed by atoms with Gasteiger partial charge < -0.3 is 14.9 Å². The van der Waals surface area contributed by atoms with Crippen molar-refractivity contribution >= 4 is 11.8 Å². The lowest BCUT2D eigenvalue weighted by molar-refractivity contribution is -0.147. The number of aliphatic hydroxyl groups is 2. The molecule has 3 aliphatic rings. The highest BCUT2D eigenvalue weighted by Gasteiger charge is 2.59. The molecule has 0 aromatic heterocycles. The van der Waals surface area contributed by atoms with E-state index >= 15 is 0 Å². The predicted molar refractivity (Wildman–Crippen MR) is 69.5 cm³/mol. The molecular formula is C15H20O5. The molecule has 2 N–H and O–H groups in total. The second-order valence-corrected chi connectivity index (χ2v) is 6.42. The number of carbonyl (C=O) groups is 2. The first-order valence-corrected chi connectivity index (χ1v) is 7.12. The van der Waals surface area contributed by atoms with E-state index in [4.69, 9.17) is 4.74 Å². The maximum absolute atomic E-state index is 12.0. The molecule has 1 heterocycles. The average molecular weight is 280 g/mol. The van der Waals surface area contributed by atoms with E-state index in [0.717, 1.165) is 0 Å². The van der Waals surface area contributed by atoms with Gasteiger partial charge in [-0.1, -0.05) is 20.4 Å². The third-order valence-electron chi connectivity index (χ3n) is 5.51. The smallest absolute Gasteiger partial charge is 0.309 e. The van der Waals surface area contributed by atoms with Crippen LogP contribution in [0.15, 0.2) is 12.2 Å². The van der Waals surface area contributed by atoms with Gasteiger partial charge >= 0.3 is 5.97 Å². The summed E-state index contributed by atoms with van der Waals surface area (Å²) in [4.78, 5) is 23.9. The highest BCUT2D eigenvalue weighted by atomic mass is 16.6. The minimum atomic E-state index is -1.10. The predicted octanol–water partition coefficient (Wildman–Crippen LogP) is 0.297. The molecule has 1 aliphatic heterocycles. The van der Waals surface area contributed by atoms with Crippen molar-refractivity contribution in [3.8, 4) is 0 Å². The molecular weight excluding hydrogens is 260 g/mol. The van der Waals surface area contributed by atoms with Gasteiger partial charge in [-0.15, -0.1) is 0 Å². The van der Waals surface area contributed by atoms with Crippen molar-refractivity contribution in [1.29, 1.82) is 0 Å². The summed E-state index contributed by atoms with van der Waals surface area (Å²) in [6.45, 7) is 7.42. The van der Waals surface area contributed by atoms with Crippen molar-refractivity contribution in [1.82, 2.24) is 0 Å². The van der Waals surface area contributed by atoms with E-state index in [1.165, 1.54) is 0 Å². The van der Waals surface area contributed by atoms with Gasteiger partial charge in [0.2, 0.25) is 0 Å². The van der Waals surface area contributed by atoms with Crippen LogP contribution in [0.1, 0.15) is 20.3 Å². The Kier molecular flexibility index (Phi) is 3.03. The molecule has 5 heteroatoms. The van der Waals surface area contributed by atoms with Crippen LogP contribution in [0.25, 0.3) is 0 Å². The Morgan fingerprint density at radius 2 is 1.80 bits per heavy atom. The number of ether oxygens (including phenoxy) is 1. The first kappa shape index (κ1) is 13.8. The molecule has 0 bridgehead atoms. The number of hydrogen-bond donors (Lipinski definition) is 2. The van der Waals surface area contributed by atoms with Gasteiger partial charge in [0.25, 0.3) is 0 Å². The number of carbonyl (C=O) groups excluding carboxylic acids is 2. The van der Waals surface area contributed by atoms with Crippen LogP contribution in [0.3, 0.4) is 0 Å². The van der Waals surface area contributed by atoms with E-state index < -0.39 is 30.1 Å². The summed E-state index contributed by atoms with van der Waals surface area (Å²) in [5.74, 6) is -1.82. The zero-order valence-corrected chi connectivity index (χ0v) is 11.7. The van der Waals surface area contributed by atoms with Gasteiger partial charge in [0.1, 0.15) is 18.0 Å². The molecule has 20 heavy (non-hydrogen) atoms. The fourth-order valence-corrected chi connectivity index (χ4v) is 4.23. The standard InChI is InChI=1S/C15H20O5/c1-5-8-4-9(16)6(2)10(8)14-11(13(18)12(5)17)7(3)15(19)20-14/h6-8,10-14,17-18H,1,4H2,2-3H3/t6-,7+,8+,10+,11?,12+,13-,14-/m1/s1. The fraction of sp³-hybridized carbons (Fsp3) is 0.733. The van der Waals surface area contributed by atoms with Crippen molar-refractivity contribution in [2.75, 3.05) is 0 Å². The molecule has 0 aromatic rings.